The molecule has 6 rings (SSSR count). The molecule has 1 saturated heterocycles. The van der Waals surface area contributed by atoms with E-state index in [0.29, 0.717) is 32.7 Å². The molecule has 45 heavy (non-hydrogen) atoms. The van der Waals surface area contributed by atoms with E-state index in [-0.39, 0.29) is 11.9 Å². The molecule has 2 aromatic carbocycles. The highest BCUT2D eigenvalue weighted by atomic mass is 19.1. The third-order valence-electron chi connectivity index (χ3n) is 8.20. The Bertz CT molecular complexity index is 1860. The number of methoxy groups -OCH3 is 1. The number of fused-ring (bicyclic) bond motifs is 1. The molecule has 5 aromatic rings. The summed E-state index contributed by atoms with van der Waals surface area (Å²) in [6, 6.07) is 15.0. The maximum absolute atomic E-state index is 13.8. The Morgan fingerprint density at radius 1 is 1.02 bits per heavy atom. The predicted molar refractivity (Wildman–Crippen MR) is 174 cm³/mol. The number of aryl methyl sites for hydroxylation is 1. The Hall–Kier alpha value is -4.86. The molecule has 234 valence electrons. The number of aromatic nitrogens is 4. The number of carbonyl (C=O) groups is 1. The van der Waals surface area contributed by atoms with Crippen molar-refractivity contribution in [1.29, 1.82) is 0 Å². The highest BCUT2D eigenvalue weighted by Crippen LogP contribution is 2.38. The topological polar surface area (TPSA) is 88.5 Å². The average molecular weight is 611 g/mol. The van der Waals surface area contributed by atoms with Crippen LogP contribution in [0.2, 0.25) is 0 Å². The summed E-state index contributed by atoms with van der Waals surface area (Å²) in [5.41, 5.74) is 7.96. The molecule has 0 unspecified atom stereocenters. The lowest BCUT2D eigenvalue weighted by molar-refractivity contribution is 0.0240. The maximum atomic E-state index is 13.8. The third-order valence-corrected chi connectivity index (χ3v) is 8.20. The van der Waals surface area contributed by atoms with Crippen molar-refractivity contribution in [3.05, 3.63) is 83.7 Å². The summed E-state index contributed by atoms with van der Waals surface area (Å²) in [6.45, 7) is 12.7. The van der Waals surface area contributed by atoms with Gasteiger partial charge < -0.3 is 24.3 Å². The number of hydrogen-bond donors (Lipinski definition) is 1. The minimum atomic E-state index is -0.514. The number of nitrogens with zero attached hydrogens (tertiary/aromatic N) is 5. The van der Waals surface area contributed by atoms with Crippen molar-refractivity contribution < 1.29 is 18.7 Å². The Morgan fingerprint density at radius 3 is 2.51 bits per heavy atom. The Morgan fingerprint density at radius 2 is 1.80 bits per heavy atom. The fraction of sp³-hybridized carbons (Fsp3) is 0.343. The van der Waals surface area contributed by atoms with Crippen molar-refractivity contribution in [2.75, 3.05) is 38.2 Å². The number of pyridine rings is 1. The van der Waals surface area contributed by atoms with Crippen LogP contribution in [0.3, 0.4) is 0 Å². The van der Waals surface area contributed by atoms with Crippen molar-refractivity contribution in [2.45, 2.75) is 46.8 Å². The first-order valence-corrected chi connectivity index (χ1v) is 15.2. The summed E-state index contributed by atoms with van der Waals surface area (Å²) in [5.74, 6) is 0.490. The lowest BCUT2D eigenvalue weighted by Gasteiger charge is -2.37. The van der Waals surface area contributed by atoms with Crippen LogP contribution in [0, 0.1) is 19.7 Å². The number of ether oxygens (including phenoxy) is 2. The number of rotatable bonds is 6. The molecule has 9 nitrogen and oxygen atoms in total. The van der Waals surface area contributed by atoms with E-state index >= 15 is 0 Å². The van der Waals surface area contributed by atoms with Crippen molar-refractivity contribution in [3.63, 3.8) is 0 Å². The predicted octanol–water partition coefficient (Wildman–Crippen LogP) is 6.96. The van der Waals surface area contributed by atoms with Gasteiger partial charge in [0.25, 0.3) is 0 Å². The van der Waals surface area contributed by atoms with Gasteiger partial charge in [0.1, 0.15) is 22.8 Å². The van der Waals surface area contributed by atoms with E-state index in [9.17, 15) is 9.18 Å². The SMILES string of the molecule is COc1cc(N2CCN(C(=O)OC(C)(C)C)CC2)ccc1-c1cnc2[nH]cc(-c3c(C)nn(Cc4cccc(F)c4)c3C)c2c1. The highest BCUT2D eigenvalue weighted by Gasteiger charge is 2.26. The number of anilines is 1. The van der Waals surface area contributed by atoms with Crippen LogP contribution in [0.25, 0.3) is 33.3 Å². The van der Waals surface area contributed by atoms with Crippen molar-refractivity contribution in [3.8, 4) is 28.0 Å². The Balaban J connectivity index is 1.26. The molecule has 10 heteroatoms. The first kappa shape index (κ1) is 30.2. The van der Waals surface area contributed by atoms with Gasteiger partial charge in [0.05, 0.1) is 19.3 Å². The van der Waals surface area contributed by atoms with E-state index < -0.39 is 5.60 Å². The summed E-state index contributed by atoms with van der Waals surface area (Å²) in [5, 5.41) is 5.78. The maximum Gasteiger partial charge on any atom is 0.410 e. The average Bonchev–Trinajstić information content (AvgIpc) is 3.54. The van der Waals surface area contributed by atoms with Crippen LogP contribution in [0.4, 0.5) is 14.9 Å². The summed E-state index contributed by atoms with van der Waals surface area (Å²) in [4.78, 5) is 24.6. The summed E-state index contributed by atoms with van der Waals surface area (Å²) < 4.78 is 27.2. The van der Waals surface area contributed by atoms with Crippen LogP contribution in [-0.4, -0.2) is 69.6 Å². The quantitative estimate of drug-likeness (QED) is 0.224. The van der Waals surface area contributed by atoms with Gasteiger partial charge in [0.15, 0.2) is 0 Å². The molecule has 0 radical (unpaired) electrons. The monoisotopic (exact) mass is 610 g/mol. The van der Waals surface area contributed by atoms with Crippen molar-refractivity contribution in [2.24, 2.45) is 0 Å². The molecule has 1 amide bonds. The number of carbonyl (C=O) groups excluding carboxylic acids is 1. The number of piperazine rings is 1. The van der Waals surface area contributed by atoms with Crippen molar-refractivity contribution in [1.82, 2.24) is 24.6 Å². The third kappa shape index (κ3) is 6.22. The molecule has 0 atom stereocenters. The molecule has 4 heterocycles. The van der Waals surface area contributed by atoms with E-state index in [1.54, 1.807) is 24.1 Å². The lowest BCUT2D eigenvalue weighted by atomic mass is 10.00. The van der Waals surface area contributed by atoms with Crippen LogP contribution < -0.4 is 9.64 Å². The van der Waals surface area contributed by atoms with E-state index in [1.807, 2.05) is 63.8 Å². The fourth-order valence-corrected chi connectivity index (χ4v) is 6.00. The number of hydrogen-bond acceptors (Lipinski definition) is 6. The van der Waals surface area contributed by atoms with E-state index in [1.165, 1.54) is 6.07 Å². The zero-order valence-corrected chi connectivity index (χ0v) is 26.6. The molecule has 0 saturated carbocycles. The molecule has 1 aliphatic heterocycles. The number of H-pyrrole nitrogens is 1. The second kappa shape index (κ2) is 11.9. The first-order chi connectivity index (χ1) is 21.5. The molecular weight excluding hydrogens is 571 g/mol. The van der Waals surface area contributed by atoms with Gasteiger partial charge in [-0.15, -0.1) is 0 Å². The molecule has 0 aliphatic carbocycles. The molecule has 3 aromatic heterocycles. The van der Waals surface area contributed by atoms with Crippen LogP contribution in [0.1, 0.15) is 37.7 Å². The molecule has 0 spiro atoms. The number of amides is 1. The van der Waals surface area contributed by atoms with Gasteiger partial charge >= 0.3 is 6.09 Å². The van der Waals surface area contributed by atoms with Crippen LogP contribution in [0.5, 0.6) is 5.75 Å². The lowest BCUT2D eigenvalue weighted by Crippen LogP contribution is -2.50. The Labute approximate surface area is 262 Å². The fourth-order valence-electron chi connectivity index (χ4n) is 6.00. The van der Waals surface area contributed by atoms with Gasteiger partial charge in [-0.3, -0.25) is 4.68 Å². The number of aromatic amines is 1. The zero-order valence-electron chi connectivity index (χ0n) is 26.6. The van der Waals surface area contributed by atoms with Crippen LogP contribution in [0.15, 0.2) is 60.9 Å². The van der Waals surface area contributed by atoms with Gasteiger partial charge in [-0.2, -0.15) is 5.10 Å². The second-order valence-corrected chi connectivity index (χ2v) is 12.5. The number of benzene rings is 2. The summed E-state index contributed by atoms with van der Waals surface area (Å²) in [6.07, 6.45) is 3.56. The first-order valence-electron chi connectivity index (χ1n) is 15.2. The highest BCUT2D eigenvalue weighted by molar-refractivity contribution is 5.97. The number of nitrogens with one attached hydrogen (secondary N) is 1. The van der Waals surface area contributed by atoms with Gasteiger partial charge in [0.2, 0.25) is 0 Å². The van der Waals surface area contributed by atoms with Gasteiger partial charge in [-0.25, -0.2) is 14.2 Å². The molecule has 1 N–H and O–H groups in total. The van der Waals surface area contributed by atoms with Crippen LogP contribution >= 0.6 is 0 Å². The molecule has 1 fully saturated rings. The standard InChI is InChI=1S/C35H39FN6O3/c1-22-32(23(2)42(39-22)21-24-8-7-9-26(36)16-24)30-20-38-33-29(30)17-25(19-37-33)28-11-10-27(18-31(28)44-6)40-12-14-41(15-13-40)34(43)45-35(3,4)5/h7-11,16-20H,12-15,21H2,1-6H3,(H,37,38). The van der Waals surface area contributed by atoms with E-state index in [0.717, 1.165) is 61.7 Å². The Kier molecular flexibility index (Phi) is 7.99. The minimum absolute atomic E-state index is 0.256. The molecular formula is C35H39FN6O3. The van der Waals surface area contributed by atoms with Crippen molar-refractivity contribution >= 4 is 22.8 Å². The minimum Gasteiger partial charge on any atom is -0.496 e. The van der Waals surface area contributed by atoms with E-state index in [2.05, 4.69) is 28.1 Å². The normalized spacial score (nSPS) is 13.8. The van der Waals surface area contributed by atoms with Gasteiger partial charge in [-0.1, -0.05) is 12.1 Å². The summed E-state index contributed by atoms with van der Waals surface area (Å²) >= 11 is 0. The zero-order chi connectivity index (χ0) is 31.9. The molecule has 1 aliphatic rings. The number of halogens is 1. The van der Waals surface area contributed by atoms with Gasteiger partial charge in [-0.05, 0) is 70.5 Å². The van der Waals surface area contributed by atoms with E-state index in [4.69, 9.17) is 19.6 Å². The smallest absolute Gasteiger partial charge is 0.410 e. The van der Waals surface area contributed by atoms with Crippen LogP contribution in [-0.2, 0) is 11.3 Å². The second-order valence-electron chi connectivity index (χ2n) is 12.5. The summed E-state index contributed by atoms with van der Waals surface area (Å²) in [7, 11) is 1.68. The van der Waals surface area contributed by atoms with Gasteiger partial charge in [0, 0.05) is 83.7 Å². The molecule has 0 bridgehead atoms. The largest absolute Gasteiger partial charge is 0.496 e.